The molecule has 1 aliphatic carbocycles. The molecule has 4 rings (SSSR count). The first-order valence-corrected chi connectivity index (χ1v) is 12.0. The highest BCUT2D eigenvalue weighted by Gasteiger charge is 2.28. The highest BCUT2D eigenvalue weighted by molar-refractivity contribution is 8.55. The third-order valence-corrected chi connectivity index (χ3v) is 7.98. The van der Waals surface area contributed by atoms with Crippen LogP contribution < -0.4 is 5.09 Å². The van der Waals surface area contributed by atoms with Crippen LogP contribution in [0.3, 0.4) is 0 Å². The number of rotatable bonds is 5. The second-order valence-corrected chi connectivity index (χ2v) is 10.7. The molecule has 0 amide bonds. The number of nitrogens with zero attached hydrogens (tertiary/aromatic N) is 1. The zero-order valence-electron chi connectivity index (χ0n) is 14.3. The second kappa shape index (κ2) is 7.53. The summed E-state index contributed by atoms with van der Waals surface area (Å²) in [5.74, 6) is 0.448. The van der Waals surface area contributed by atoms with Crippen molar-refractivity contribution in [3.63, 3.8) is 0 Å². The minimum Gasteiger partial charge on any atom is -0.326 e. The number of pyridine rings is 1. The lowest BCUT2D eigenvalue weighted by Gasteiger charge is -2.28. The molecule has 2 unspecified atom stereocenters. The van der Waals surface area contributed by atoms with Gasteiger partial charge in [0.05, 0.1) is 5.52 Å². The first-order valence-electron chi connectivity index (χ1n) is 8.78. The molecule has 1 heterocycles. The van der Waals surface area contributed by atoms with Crippen molar-refractivity contribution in [2.75, 3.05) is 0 Å². The van der Waals surface area contributed by atoms with Crippen molar-refractivity contribution >= 4 is 29.0 Å². The molecule has 0 fully saturated rings. The molecular weight excluding hydrogens is 363 g/mol. The van der Waals surface area contributed by atoms with Crippen LogP contribution in [0.5, 0.6) is 0 Å². The Balaban J connectivity index is 1.49. The fourth-order valence-corrected chi connectivity index (χ4v) is 6.39. The van der Waals surface area contributed by atoms with Crippen molar-refractivity contribution in [3.8, 4) is 0 Å². The Kier molecular flexibility index (Phi) is 5.14. The molecule has 2 aromatic carbocycles. The maximum atomic E-state index is 12.8. The number of para-hydroxylation sites is 1. The van der Waals surface area contributed by atoms with Gasteiger partial charge in [0.15, 0.2) is 0 Å². The fraction of sp³-hybridized carbons (Fsp3) is 0.250. The van der Waals surface area contributed by atoms with E-state index in [1.54, 1.807) is 6.20 Å². The molecule has 1 aliphatic rings. The van der Waals surface area contributed by atoms with Crippen molar-refractivity contribution < 1.29 is 9.46 Å². The van der Waals surface area contributed by atoms with Gasteiger partial charge in [0.25, 0.3) is 0 Å². The number of nitrogens with one attached hydrogen (secondary N) is 1. The summed E-state index contributed by atoms with van der Waals surface area (Å²) in [4.78, 5) is 14.9. The zero-order valence-corrected chi connectivity index (χ0v) is 16.0. The smallest absolute Gasteiger partial charge is 0.324 e. The van der Waals surface area contributed by atoms with Crippen LogP contribution in [0.2, 0.25) is 0 Å². The largest absolute Gasteiger partial charge is 0.326 e. The van der Waals surface area contributed by atoms with Gasteiger partial charge >= 0.3 is 6.72 Å². The van der Waals surface area contributed by atoms with Crippen LogP contribution >= 0.6 is 18.1 Å². The van der Waals surface area contributed by atoms with Crippen molar-refractivity contribution in [3.05, 3.63) is 77.5 Å². The lowest BCUT2D eigenvalue weighted by atomic mass is 9.88. The van der Waals surface area contributed by atoms with Gasteiger partial charge in [0, 0.05) is 23.4 Å². The summed E-state index contributed by atoms with van der Waals surface area (Å²) in [6.45, 7) is -3.52. The van der Waals surface area contributed by atoms with E-state index >= 15 is 0 Å². The number of aryl methyl sites for hydroxylation is 1. The highest BCUT2D eigenvalue weighted by atomic mass is 32.7. The van der Waals surface area contributed by atoms with Crippen molar-refractivity contribution in [2.24, 2.45) is 0 Å². The van der Waals surface area contributed by atoms with E-state index in [-0.39, 0.29) is 6.04 Å². The normalized spacial score (nSPS) is 19.0. The van der Waals surface area contributed by atoms with E-state index in [9.17, 15) is 9.46 Å². The lowest BCUT2D eigenvalue weighted by molar-refractivity contribution is 0.450. The first kappa shape index (κ1) is 17.7. The Morgan fingerprint density at radius 3 is 2.92 bits per heavy atom. The van der Waals surface area contributed by atoms with Crippen LogP contribution in [0, 0.1) is 0 Å². The van der Waals surface area contributed by atoms with Gasteiger partial charge in [-0.25, -0.2) is 5.09 Å². The number of hydrogen-bond acceptors (Lipinski definition) is 3. The molecule has 3 aromatic rings. The zero-order chi connectivity index (χ0) is 18.0. The molecule has 0 bridgehead atoms. The van der Waals surface area contributed by atoms with Gasteiger partial charge in [0.2, 0.25) is 0 Å². The second-order valence-electron chi connectivity index (χ2n) is 6.56. The first-order chi connectivity index (χ1) is 12.6. The summed E-state index contributed by atoms with van der Waals surface area (Å²) in [6.07, 6.45) is 4.72. The average molecular weight is 384 g/mol. The maximum Gasteiger partial charge on any atom is 0.324 e. The summed E-state index contributed by atoms with van der Waals surface area (Å²) in [5.41, 5.74) is 4.30. The summed E-state index contributed by atoms with van der Waals surface area (Å²) in [5, 5.41) is 4.07. The van der Waals surface area contributed by atoms with Crippen LogP contribution in [0.1, 0.15) is 35.6 Å². The minimum atomic E-state index is -3.52. The molecule has 0 saturated heterocycles. The Hall–Kier alpha value is -1.65. The Morgan fingerprint density at radius 2 is 2.00 bits per heavy atom. The van der Waals surface area contributed by atoms with Gasteiger partial charge in [0.1, 0.15) is 0 Å². The molecule has 0 saturated carbocycles. The lowest BCUT2D eigenvalue weighted by Crippen LogP contribution is -2.22. The Labute approximate surface area is 157 Å². The molecule has 4 nitrogen and oxygen atoms in total. The van der Waals surface area contributed by atoms with Crippen LogP contribution in [0.25, 0.3) is 10.9 Å². The van der Waals surface area contributed by atoms with Gasteiger partial charge < -0.3 is 4.89 Å². The van der Waals surface area contributed by atoms with Gasteiger partial charge in [-0.05, 0) is 53.4 Å². The van der Waals surface area contributed by atoms with Crippen LogP contribution in [-0.4, -0.2) is 9.88 Å². The number of hydrogen-bond donors (Lipinski definition) is 2. The molecule has 134 valence electrons. The van der Waals surface area contributed by atoms with E-state index in [1.165, 1.54) is 5.56 Å². The third-order valence-electron chi connectivity index (χ3n) is 4.80. The van der Waals surface area contributed by atoms with E-state index in [4.69, 9.17) is 0 Å². The summed E-state index contributed by atoms with van der Waals surface area (Å²) in [7, 11) is 0. The summed E-state index contributed by atoms with van der Waals surface area (Å²) < 4.78 is 12.8. The van der Waals surface area contributed by atoms with Crippen LogP contribution in [0.15, 0.2) is 60.8 Å². The van der Waals surface area contributed by atoms with Crippen LogP contribution in [-0.2, 0) is 16.7 Å². The summed E-state index contributed by atoms with van der Waals surface area (Å²) in [6, 6.07) is 18.0. The monoisotopic (exact) mass is 384 g/mol. The molecule has 0 spiro atoms. The van der Waals surface area contributed by atoms with E-state index < -0.39 is 6.72 Å². The SMILES string of the molecule is O=P(O)(NC1CCCc2ccccc21)SCc1cccc2cccnc12. The molecule has 0 radical (unpaired) electrons. The topological polar surface area (TPSA) is 62.2 Å². The van der Waals surface area contributed by atoms with E-state index in [2.05, 4.69) is 22.2 Å². The molecular formula is C20H21N2O2PS. The van der Waals surface area contributed by atoms with Crippen molar-refractivity contribution in [1.82, 2.24) is 10.1 Å². The van der Waals surface area contributed by atoms with E-state index in [0.29, 0.717) is 5.75 Å². The number of benzene rings is 2. The van der Waals surface area contributed by atoms with E-state index in [0.717, 1.165) is 52.7 Å². The molecule has 6 heteroatoms. The van der Waals surface area contributed by atoms with Gasteiger partial charge in [-0.1, -0.05) is 48.5 Å². The molecule has 1 aromatic heterocycles. The summed E-state index contributed by atoms with van der Waals surface area (Å²) >= 11 is 1.07. The van der Waals surface area contributed by atoms with Gasteiger partial charge in [-0.2, -0.15) is 0 Å². The predicted molar refractivity (Wildman–Crippen MR) is 108 cm³/mol. The molecule has 2 N–H and O–H groups in total. The number of aromatic nitrogens is 1. The number of fused-ring (bicyclic) bond motifs is 2. The quantitative estimate of drug-likeness (QED) is 0.590. The maximum absolute atomic E-state index is 12.8. The van der Waals surface area contributed by atoms with E-state index in [1.807, 2.05) is 42.5 Å². The Morgan fingerprint density at radius 1 is 1.15 bits per heavy atom. The standard InChI is InChI=1S/C20H21N2O2PS/c23-25(24,22-19-12-4-7-15-6-1-2-11-18(15)19)26-14-17-9-3-8-16-10-5-13-21-20(16)17/h1-3,5-6,8-11,13,19H,4,7,12,14H2,(H2,22,23,24). The molecule has 0 aliphatic heterocycles. The van der Waals surface area contributed by atoms with Gasteiger partial charge in [-0.15, -0.1) is 0 Å². The predicted octanol–water partition coefficient (Wildman–Crippen LogP) is 5.24. The van der Waals surface area contributed by atoms with Crippen LogP contribution in [0.4, 0.5) is 0 Å². The Bertz CT molecular complexity index is 973. The minimum absolute atomic E-state index is 0.0612. The molecule has 26 heavy (non-hydrogen) atoms. The highest BCUT2D eigenvalue weighted by Crippen LogP contribution is 2.55. The average Bonchev–Trinajstić information content (AvgIpc) is 2.66. The van der Waals surface area contributed by atoms with Crippen molar-refractivity contribution in [2.45, 2.75) is 31.1 Å². The molecule has 2 atom stereocenters. The third kappa shape index (κ3) is 3.86. The fourth-order valence-electron chi connectivity index (χ4n) is 3.56. The van der Waals surface area contributed by atoms with Gasteiger partial charge in [-0.3, -0.25) is 9.55 Å². The van der Waals surface area contributed by atoms with Crippen molar-refractivity contribution in [1.29, 1.82) is 0 Å².